The molecule has 6 nitrogen and oxygen atoms in total. The highest BCUT2D eigenvalue weighted by atomic mass is 16.4. The fraction of sp³-hybridized carbons (Fsp3) is 0.615. The molecule has 0 saturated carbocycles. The van der Waals surface area contributed by atoms with Gasteiger partial charge in [0.25, 0.3) is 5.91 Å². The Morgan fingerprint density at radius 2 is 1.89 bits per heavy atom. The molecule has 1 aromatic rings. The van der Waals surface area contributed by atoms with Crippen molar-refractivity contribution in [1.82, 2.24) is 14.7 Å². The molecule has 0 bridgehead atoms. The lowest BCUT2D eigenvalue weighted by Crippen LogP contribution is -2.37. The topological polar surface area (TPSA) is 75.4 Å². The second-order valence-electron chi connectivity index (χ2n) is 5.11. The van der Waals surface area contributed by atoms with Crippen molar-refractivity contribution in [3.8, 4) is 0 Å². The van der Waals surface area contributed by atoms with Gasteiger partial charge in [0.15, 0.2) is 5.69 Å². The second-order valence-corrected chi connectivity index (χ2v) is 5.11. The number of nitrogens with zero attached hydrogens (tertiary/aromatic N) is 3. The van der Waals surface area contributed by atoms with Crippen molar-refractivity contribution < 1.29 is 14.7 Å². The van der Waals surface area contributed by atoms with E-state index in [4.69, 9.17) is 5.11 Å². The van der Waals surface area contributed by atoms with Gasteiger partial charge >= 0.3 is 5.97 Å². The minimum absolute atomic E-state index is 0.0446. The molecule has 6 heteroatoms. The van der Waals surface area contributed by atoms with Crippen molar-refractivity contribution >= 4 is 11.9 Å². The number of carbonyl (C=O) groups excluding carboxylic acids is 1. The van der Waals surface area contributed by atoms with Crippen molar-refractivity contribution in [3.05, 3.63) is 17.5 Å². The molecule has 1 amide bonds. The van der Waals surface area contributed by atoms with E-state index in [1.54, 1.807) is 4.90 Å². The summed E-state index contributed by atoms with van der Waals surface area (Å²) in [5.74, 6) is -1.22. The molecule has 0 unspecified atom stereocenters. The fourth-order valence-electron chi connectivity index (χ4n) is 2.31. The Kier molecular flexibility index (Phi) is 3.87. The molecular weight excluding hydrogens is 246 g/mol. The van der Waals surface area contributed by atoms with Crippen LogP contribution in [0.2, 0.25) is 0 Å². The standard InChI is InChI=1S/C13H19N3O3/c1-9(2)16-11(8-10(14-16)13(18)19)12(17)15-6-4-3-5-7-15/h8-9H,3-7H2,1-2H3,(H,18,19). The Labute approximate surface area is 112 Å². The van der Waals surface area contributed by atoms with Crippen molar-refractivity contribution in [2.75, 3.05) is 13.1 Å². The Morgan fingerprint density at radius 1 is 1.26 bits per heavy atom. The average molecular weight is 265 g/mol. The van der Waals surface area contributed by atoms with Crippen LogP contribution in [0.4, 0.5) is 0 Å². The van der Waals surface area contributed by atoms with Crippen molar-refractivity contribution in [2.24, 2.45) is 0 Å². The van der Waals surface area contributed by atoms with Crippen molar-refractivity contribution in [3.63, 3.8) is 0 Å². The number of hydrogen-bond donors (Lipinski definition) is 1. The first kappa shape index (κ1) is 13.6. The highest BCUT2D eigenvalue weighted by Crippen LogP contribution is 2.17. The van der Waals surface area contributed by atoms with E-state index in [2.05, 4.69) is 5.10 Å². The lowest BCUT2D eigenvalue weighted by atomic mass is 10.1. The maximum atomic E-state index is 12.4. The predicted molar refractivity (Wildman–Crippen MR) is 69.3 cm³/mol. The summed E-state index contributed by atoms with van der Waals surface area (Å²) in [4.78, 5) is 25.2. The number of amides is 1. The average Bonchev–Trinajstić information content (AvgIpc) is 2.84. The Morgan fingerprint density at radius 3 is 2.42 bits per heavy atom. The Balaban J connectivity index is 2.31. The monoisotopic (exact) mass is 265 g/mol. The molecule has 0 aliphatic carbocycles. The summed E-state index contributed by atoms with van der Waals surface area (Å²) in [5.41, 5.74) is 0.295. The van der Waals surface area contributed by atoms with E-state index >= 15 is 0 Å². The van der Waals surface area contributed by atoms with Crippen LogP contribution in [0, 0.1) is 0 Å². The largest absolute Gasteiger partial charge is 0.476 e. The first-order valence-electron chi connectivity index (χ1n) is 6.63. The molecule has 1 fully saturated rings. The molecule has 1 aliphatic rings. The van der Waals surface area contributed by atoms with E-state index in [0.29, 0.717) is 5.69 Å². The SMILES string of the molecule is CC(C)n1nc(C(=O)O)cc1C(=O)N1CCCCC1. The van der Waals surface area contributed by atoms with Crippen molar-refractivity contribution in [1.29, 1.82) is 0 Å². The van der Waals surface area contributed by atoms with E-state index in [0.717, 1.165) is 32.4 Å². The number of aromatic nitrogens is 2. The normalized spacial score (nSPS) is 15.8. The van der Waals surface area contributed by atoms with Crippen LogP contribution in [0.1, 0.15) is 60.1 Å². The number of hydrogen-bond acceptors (Lipinski definition) is 3. The summed E-state index contributed by atoms with van der Waals surface area (Å²) in [6.07, 6.45) is 3.16. The molecule has 2 rings (SSSR count). The van der Waals surface area contributed by atoms with Gasteiger partial charge in [0, 0.05) is 25.2 Å². The smallest absolute Gasteiger partial charge is 0.356 e. The van der Waals surface area contributed by atoms with Gasteiger partial charge in [-0.05, 0) is 33.1 Å². The number of carboxylic acid groups (broad SMARTS) is 1. The minimum Gasteiger partial charge on any atom is -0.476 e. The summed E-state index contributed by atoms with van der Waals surface area (Å²) in [5, 5.41) is 13.0. The van der Waals surface area contributed by atoms with Gasteiger partial charge in [-0.1, -0.05) is 0 Å². The zero-order valence-electron chi connectivity index (χ0n) is 11.3. The van der Waals surface area contributed by atoms with Crippen LogP contribution >= 0.6 is 0 Å². The third-order valence-corrected chi connectivity index (χ3v) is 3.31. The molecule has 19 heavy (non-hydrogen) atoms. The summed E-state index contributed by atoms with van der Waals surface area (Å²) in [6, 6.07) is 1.33. The lowest BCUT2D eigenvalue weighted by molar-refractivity contribution is 0.0686. The number of aromatic carboxylic acids is 1. The van der Waals surface area contributed by atoms with Gasteiger partial charge in [0.1, 0.15) is 5.69 Å². The molecule has 104 valence electrons. The molecule has 1 saturated heterocycles. The Bertz CT molecular complexity index is 487. The number of piperidine rings is 1. The number of carbonyl (C=O) groups is 2. The number of rotatable bonds is 3. The number of carboxylic acids is 1. The second kappa shape index (κ2) is 5.42. The molecular formula is C13H19N3O3. The van der Waals surface area contributed by atoms with Crippen LogP contribution in [0.25, 0.3) is 0 Å². The molecule has 0 aromatic carbocycles. The molecule has 0 radical (unpaired) electrons. The summed E-state index contributed by atoms with van der Waals surface area (Å²) in [6.45, 7) is 5.24. The van der Waals surface area contributed by atoms with Gasteiger partial charge in [-0.3, -0.25) is 9.48 Å². The van der Waals surface area contributed by atoms with Crippen LogP contribution in [0.3, 0.4) is 0 Å². The van der Waals surface area contributed by atoms with Gasteiger partial charge in [-0.25, -0.2) is 4.79 Å². The maximum absolute atomic E-state index is 12.4. The predicted octanol–water partition coefficient (Wildman–Crippen LogP) is 1.79. The summed E-state index contributed by atoms with van der Waals surface area (Å²) in [7, 11) is 0. The van der Waals surface area contributed by atoms with E-state index in [1.807, 2.05) is 13.8 Å². The van der Waals surface area contributed by atoms with Crippen LogP contribution in [0.15, 0.2) is 6.07 Å². The minimum atomic E-state index is -1.10. The highest BCUT2D eigenvalue weighted by Gasteiger charge is 2.25. The maximum Gasteiger partial charge on any atom is 0.356 e. The van der Waals surface area contributed by atoms with E-state index < -0.39 is 5.97 Å². The van der Waals surface area contributed by atoms with E-state index in [-0.39, 0.29) is 17.6 Å². The van der Waals surface area contributed by atoms with Crippen LogP contribution in [0.5, 0.6) is 0 Å². The third-order valence-electron chi connectivity index (χ3n) is 3.31. The highest BCUT2D eigenvalue weighted by molar-refractivity contribution is 5.95. The quantitative estimate of drug-likeness (QED) is 0.904. The molecule has 1 aliphatic heterocycles. The van der Waals surface area contributed by atoms with Gasteiger partial charge < -0.3 is 10.0 Å². The van der Waals surface area contributed by atoms with Gasteiger partial charge in [0.05, 0.1) is 0 Å². The molecule has 1 aromatic heterocycles. The van der Waals surface area contributed by atoms with Crippen molar-refractivity contribution in [2.45, 2.75) is 39.2 Å². The molecule has 1 N–H and O–H groups in total. The zero-order chi connectivity index (χ0) is 14.0. The molecule has 2 heterocycles. The first-order valence-corrected chi connectivity index (χ1v) is 6.63. The van der Waals surface area contributed by atoms with Crippen LogP contribution in [-0.2, 0) is 0 Å². The van der Waals surface area contributed by atoms with Gasteiger partial charge in [0.2, 0.25) is 0 Å². The lowest BCUT2D eigenvalue weighted by Gasteiger charge is -2.27. The third kappa shape index (κ3) is 2.77. The van der Waals surface area contributed by atoms with Crippen LogP contribution < -0.4 is 0 Å². The van der Waals surface area contributed by atoms with Gasteiger partial charge in [-0.15, -0.1) is 0 Å². The fourth-order valence-corrected chi connectivity index (χ4v) is 2.31. The van der Waals surface area contributed by atoms with E-state index in [1.165, 1.54) is 10.7 Å². The molecule has 0 spiro atoms. The van der Waals surface area contributed by atoms with Gasteiger partial charge in [-0.2, -0.15) is 5.10 Å². The number of likely N-dealkylation sites (tertiary alicyclic amines) is 1. The summed E-state index contributed by atoms with van der Waals surface area (Å²) >= 11 is 0. The molecule has 0 atom stereocenters. The zero-order valence-corrected chi connectivity index (χ0v) is 11.3. The Hall–Kier alpha value is -1.85. The summed E-state index contributed by atoms with van der Waals surface area (Å²) < 4.78 is 1.50. The van der Waals surface area contributed by atoms with E-state index in [9.17, 15) is 9.59 Å². The first-order chi connectivity index (χ1) is 9.00. The van der Waals surface area contributed by atoms with Crippen LogP contribution in [-0.4, -0.2) is 44.8 Å².